The summed E-state index contributed by atoms with van der Waals surface area (Å²) in [5, 5.41) is 15.7. The van der Waals surface area contributed by atoms with Crippen molar-refractivity contribution in [3.63, 3.8) is 0 Å². The molecule has 18 heavy (non-hydrogen) atoms. The van der Waals surface area contributed by atoms with Crippen LogP contribution in [0.5, 0.6) is 11.5 Å². The first-order chi connectivity index (χ1) is 8.70. The molecule has 0 atom stereocenters. The zero-order valence-corrected chi connectivity index (χ0v) is 10.8. The number of ether oxygens (including phenoxy) is 1. The van der Waals surface area contributed by atoms with Crippen LogP contribution >= 0.6 is 0 Å². The monoisotopic (exact) mass is 252 g/mol. The Morgan fingerprint density at radius 2 is 2.17 bits per heavy atom. The van der Waals surface area contributed by atoms with Gasteiger partial charge in [-0.25, -0.2) is 0 Å². The predicted octanol–water partition coefficient (Wildman–Crippen LogP) is 1.13. The number of phenols is 1. The van der Waals surface area contributed by atoms with Crippen molar-refractivity contribution >= 4 is 5.91 Å². The third-order valence-electron chi connectivity index (χ3n) is 2.53. The number of hydrogen-bond acceptors (Lipinski definition) is 4. The van der Waals surface area contributed by atoms with Crippen LogP contribution in [-0.2, 0) is 0 Å². The summed E-state index contributed by atoms with van der Waals surface area (Å²) in [5.74, 6) is -0.109. The molecular formula is C13H20N2O3. The molecular weight excluding hydrogens is 232 g/mol. The second-order valence-corrected chi connectivity index (χ2v) is 3.82. The van der Waals surface area contributed by atoms with E-state index in [1.165, 1.54) is 7.11 Å². The van der Waals surface area contributed by atoms with Gasteiger partial charge >= 0.3 is 0 Å². The molecule has 3 N–H and O–H groups in total. The van der Waals surface area contributed by atoms with Crippen LogP contribution in [0.4, 0.5) is 0 Å². The summed E-state index contributed by atoms with van der Waals surface area (Å²) in [7, 11) is 1.45. The van der Waals surface area contributed by atoms with Gasteiger partial charge in [0.1, 0.15) is 0 Å². The number of carbonyl (C=O) groups is 1. The van der Waals surface area contributed by atoms with Crippen molar-refractivity contribution in [1.29, 1.82) is 0 Å². The number of hydrogen-bond donors (Lipinski definition) is 3. The molecule has 1 aromatic rings. The average Bonchev–Trinajstić information content (AvgIpc) is 2.38. The summed E-state index contributed by atoms with van der Waals surface area (Å²) >= 11 is 0. The summed E-state index contributed by atoms with van der Waals surface area (Å²) < 4.78 is 4.95. The molecule has 1 rings (SSSR count). The Morgan fingerprint density at radius 1 is 1.39 bits per heavy atom. The fourth-order valence-corrected chi connectivity index (χ4v) is 1.56. The van der Waals surface area contributed by atoms with Crippen molar-refractivity contribution in [3.8, 4) is 11.5 Å². The smallest absolute Gasteiger partial charge is 0.255 e. The van der Waals surface area contributed by atoms with Crippen LogP contribution in [0.3, 0.4) is 0 Å². The quantitative estimate of drug-likeness (QED) is 0.636. The molecule has 0 radical (unpaired) electrons. The van der Waals surface area contributed by atoms with Gasteiger partial charge in [0.15, 0.2) is 11.5 Å². The second kappa shape index (κ2) is 7.55. The molecule has 0 fully saturated rings. The van der Waals surface area contributed by atoms with Crippen molar-refractivity contribution in [2.45, 2.75) is 13.3 Å². The summed E-state index contributed by atoms with van der Waals surface area (Å²) in [6.45, 7) is 4.39. The lowest BCUT2D eigenvalue weighted by atomic mass is 10.1. The van der Waals surface area contributed by atoms with Gasteiger partial charge in [-0.2, -0.15) is 0 Å². The molecule has 0 heterocycles. The Hall–Kier alpha value is -1.75. The molecule has 5 heteroatoms. The van der Waals surface area contributed by atoms with Crippen LogP contribution < -0.4 is 15.4 Å². The van der Waals surface area contributed by atoms with Gasteiger partial charge in [-0.05, 0) is 31.6 Å². The highest BCUT2D eigenvalue weighted by Gasteiger charge is 2.13. The Morgan fingerprint density at radius 3 is 2.83 bits per heavy atom. The van der Waals surface area contributed by atoms with E-state index in [0.29, 0.717) is 12.3 Å². The zero-order chi connectivity index (χ0) is 13.4. The maximum absolute atomic E-state index is 11.8. The van der Waals surface area contributed by atoms with Gasteiger partial charge in [-0.15, -0.1) is 0 Å². The number of carbonyl (C=O) groups excluding carboxylic acids is 1. The average molecular weight is 252 g/mol. The number of benzene rings is 1. The van der Waals surface area contributed by atoms with E-state index in [2.05, 4.69) is 10.6 Å². The Balaban J connectivity index is 2.51. The van der Waals surface area contributed by atoms with E-state index in [1.54, 1.807) is 18.2 Å². The minimum atomic E-state index is -0.289. The van der Waals surface area contributed by atoms with Gasteiger partial charge in [-0.1, -0.05) is 13.0 Å². The van der Waals surface area contributed by atoms with Gasteiger partial charge in [0.25, 0.3) is 5.91 Å². The van der Waals surface area contributed by atoms with E-state index in [1.807, 2.05) is 6.92 Å². The van der Waals surface area contributed by atoms with Gasteiger partial charge in [0.05, 0.1) is 12.7 Å². The molecule has 0 saturated carbocycles. The normalized spacial score (nSPS) is 10.1. The molecule has 0 saturated heterocycles. The molecule has 0 bridgehead atoms. The lowest BCUT2D eigenvalue weighted by Crippen LogP contribution is -2.27. The van der Waals surface area contributed by atoms with E-state index in [-0.39, 0.29) is 17.2 Å². The SMILES string of the molecule is CCNCCCNC(=O)c1cccc(OC)c1O. The van der Waals surface area contributed by atoms with Crippen molar-refractivity contribution in [3.05, 3.63) is 23.8 Å². The third kappa shape index (κ3) is 3.92. The number of nitrogens with one attached hydrogen (secondary N) is 2. The number of amides is 1. The molecule has 1 amide bonds. The van der Waals surface area contributed by atoms with E-state index in [9.17, 15) is 9.90 Å². The standard InChI is InChI=1S/C13H20N2O3/c1-3-14-8-5-9-15-13(17)10-6-4-7-11(18-2)12(10)16/h4,6-7,14,16H,3,5,8-9H2,1-2H3,(H,15,17). The number of rotatable bonds is 7. The van der Waals surface area contributed by atoms with Gasteiger partial charge < -0.3 is 20.5 Å². The van der Waals surface area contributed by atoms with E-state index in [4.69, 9.17) is 4.74 Å². The Kier molecular flexibility index (Phi) is 6.00. The molecule has 0 aliphatic heterocycles. The Bertz CT molecular complexity index is 394. The van der Waals surface area contributed by atoms with Gasteiger partial charge in [0.2, 0.25) is 0 Å². The molecule has 0 spiro atoms. The van der Waals surface area contributed by atoms with Crippen molar-refractivity contribution in [2.75, 3.05) is 26.7 Å². The summed E-state index contributed by atoms with van der Waals surface area (Å²) in [6, 6.07) is 4.85. The third-order valence-corrected chi connectivity index (χ3v) is 2.53. The minimum Gasteiger partial charge on any atom is -0.504 e. The summed E-state index contributed by atoms with van der Waals surface area (Å²) in [6.07, 6.45) is 0.851. The lowest BCUT2D eigenvalue weighted by Gasteiger charge is -2.09. The van der Waals surface area contributed by atoms with Gasteiger partial charge in [-0.3, -0.25) is 4.79 Å². The van der Waals surface area contributed by atoms with Crippen LogP contribution in [0.1, 0.15) is 23.7 Å². The highest BCUT2D eigenvalue weighted by atomic mass is 16.5. The van der Waals surface area contributed by atoms with Crippen LogP contribution in [-0.4, -0.2) is 37.8 Å². The molecule has 100 valence electrons. The summed E-state index contributed by atoms with van der Waals surface area (Å²) in [5.41, 5.74) is 0.234. The molecule has 0 aromatic heterocycles. The summed E-state index contributed by atoms with van der Waals surface area (Å²) in [4.78, 5) is 11.8. The number of aromatic hydroxyl groups is 1. The maximum atomic E-state index is 11.8. The molecule has 1 aromatic carbocycles. The second-order valence-electron chi connectivity index (χ2n) is 3.82. The zero-order valence-electron chi connectivity index (χ0n) is 10.8. The van der Waals surface area contributed by atoms with E-state index < -0.39 is 0 Å². The van der Waals surface area contributed by atoms with Crippen molar-refractivity contribution in [2.24, 2.45) is 0 Å². The molecule has 0 unspecified atom stereocenters. The number of methoxy groups -OCH3 is 1. The van der Waals surface area contributed by atoms with E-state index in [0.717, 1.165) is 19.5 Å². The minimum absolute atomic E-state index is 0.121. The molecule has 5 nitrogen and oxygen atoms in total. The fraction of sp³-hybridized carbons (Fsp3) is 0.462. The van der Waals surface area contributed by atoms with Crippen LogP contribution in [0.2, 0.25) is 0 Å². The first-order valence-electron chi connectivity index (χ1n) is 6.05. The predicted molar refractivity (Wildman–Crippen MR) is 70.2 cm³/mol. The molecule has 0 aliphatic carbocycles. The van der Waals surface area contributed by atoms with Crippen LogP contribution in [0.15, 0.2) is 18.2 Å². The first-order valence-corrected chi connectivity index (χ1v) is 6.05. The highest BCUT2D eigenvalue weighted by molar-refractivity contribution is 5.97. The highest BCUT2D eigenvalue weighted by Crippen LogP contribution is 2.28. The fourth-order valence-electron chi connectivity index (χ4n) is 1.56. The van der Waals surface area contributed by atoms with Crippen molar-refractivity contribution < 1.29 is 14.6 Å². The molecule has 0 aliphatic rings. The lowest BCUT2D eigenvalue weighted by molar-refractivity contribution is 0.0950. The maximum Gasteiger partial charge on any atom is 0.255 e. The van der Waals surface area contributed by atoms with E-state index >= 15 is 0 Å². The van der Waals surface area contributed by atoms with Crippen LogP contribution in [0.25, 0.3) is 0 Å². The first kappa shape index (κ1) is 14.3. The Labute approximate surface area is 107 Å². The largest absolute Gasteiger partial charge is 0.504 e. The van der Waals surface area contributed by atoms with Crippen LogP contribution in [0, 0.1) is 0 Å². The number of phenolic OH excluding ortho intramolecular Hbond substituents is 1. The van der Waals surface area contributed by atoms with Gasteiger partial charge in [0, 0.05) is 6.54 Å². The topological polar surface area (TPSA) is 70.6 Å². The van der Waals surface area contributed by atoms with Crippen molar-refractivity contribution in [1.82, 2.24) is 10.6 Å². The number of para-hydroxylation sites is 1.